The molecule has 2 N–H and O–H groups in total. The molecule has 5 heteroatoms. The Bertz CT molecular complexity index is 249. The van der Waals surface area contributed by atoms with Crippen molar-refractivity contribution in [1.29, 1.82) is 0 Å². The molecule has 0 aliphatic carbocycles. The van der Waals surface area contributed by atoms with Crippen molar-refractivity contribution in [2.75, 3.05) is 11.9 Å². The van der Waals surface area contributed by atoms with Crippen molar-refractivity contribution < 1.29 is 5.11 Å². The zero-order valence-electron chi connectivity index (χ0n) is 7.95. The molecule has 1 unspecified atom stereocenters. The Morgan fingerprint density at radius 3 is 2.92 bits per heavy atom. The predicted molar refractivity (Wildman–Crippen MR) is 54.1 cm³/mol. The van der Waals surface area contributed by atoms with Gasteiger partial charge in [0.25, 0.3) is 0 Å². The van der Waals surface area contributed by atoms with E-state index in [0.29, 0.717) is 0 Å². The number of aryl methyl sites for hydroxylation is 1. The highest BCUT2D eigenvalue weighted by atomic mass is 32.1. The zero-order valence-corrected chi connectivity index (χ0v) is 8.77. The number of aromatic nitrogens is 2. The molecular weight excluding hydrogens is 186 g/mol. The van der Waals surface area contributed by atoms with Gasteiger partial charge in [0, 0.05) is 24.5 Å². The van der Waals surface area contributed by atoms with Crippen LogP contribution in [0.3, 0.4) is 0 Å². The highest BCUT2D eigenvalue weighted by Crippen LogP contribution is 2.10. The van der Waals surface area contributed by atoms with E-state index >= 15 is 0 Å². The molecule has 1 aromatic rings. The molecule has 0 aliphatic heterocycles. The Labute approximate surface area is 82.2 Å². The second-order valence-corrected chi connectivity index (χ2v) is 3.69. The van der Waals surface area contributed by atoms with Crippen molar-refractivity contribution in [3.8, 4) is 0 Å². The maximum atomic E-state index is 9.01. The number of anilines is 1. The van der Waals surface area contributed by atoms with Gasteiger partial charge in [0.05, 0.1) is 6.10 Å². The van der Waals surface area contributed by atoms with E-state index in [2.05, 4.69) is 14.7 Å². The van der Waals surface area contributed by atoms with E-state index in [0.717, 1.165) is 30.3 Å². The van der Waals surface area contributed by atoms with Gasteiger partial charge in [-0.05, 0) is 13.3 Å². The molecule has 0 radical (unpaired) electrons. The van der Waals surface area contributed by atoms with Crippen LogP contribution in [0.4, 0.5) is 5.13 Å². The number of hydrogen-bond donors (Lipinski definition) is 2. The Hall–Kier alpha value is -0.680. The lowest BCUT2D eigenvalue weighted by Gasteiger charge is -2.03. The standard InChI is InChI=1S/C8H15N3OS/c1-3-7-10-8(13-11-7)9-5-4-6(2)12/h6,12H,3-5H2,1-2H3,(H,9,10,11). The number of hydrogen-bond acceptors (Lipinski definition) is 5. The van der Waals surface area contributed by atoms with Crippen LogP contribution >= 0.6 is 11.5 Å². The summed E-state index contributed by atoms with van der Waals surface area (Å²) < 4.78 is 4.14. The normalized spacial score (nSPS) is 12.8. The lowest BCUT2D eigenvalue weighted by atomic mass is 10.3. The first-order valence-corrected chi connectivity index (χ1v) is 5.24. The van der Waals surface area contributed by atoms with Gasteiger partial charge in [0.15, 0.2) is 0 Å². The Balaban J connectivity index is 2.28. The van der Waals surface area contributed by atoms with Gasteiger partial charge in [0.1, 0.15) is 5.82 Å². The van der Waals surface area contributed by atoms with Crippen LogP contribution in [-0.4, -0.2) is 27.1 Å². The molecule has 0 saturated heterocycles. The van der Waals surface area contributed by atoms with Crippen LogP contribution in [0, 0.1) is 0 Å². The van der Waals surface area contributed by atoms with Crippen LogP contribution in [0.15, 0.2) is 0 Å². The van der Waals surface area contributed by atoms with Crippen molar-refractivity contribution in [3.63, 3.8) is 0 Å². The summed E-state index contributed by atoms with van der Waals surface area (Å²) >= 11 is 1.37. The lowest BCUT2D eigenvalue weighted by Crippen LogP contribution is -2.09. The molecule has 0 aliphatic rings. The van der Waals surface area contributed by atoms with Crippen LogP contribution in [-0.2, 0) is 6.42 Å². The predicted octanol–water partition coefficient (Wildman–Crippen LogP) is 1.28. The third kappa shape index (κ3) is 3.69. The van der Waals surface area contributed by atoms with Gasteiger partial charge in [-0.2, -0.15) is 4.37 Å². The van der Waals surface area contributed by atoms with Crippen LogP contribution in [0.1, 0.15) is 26.1 Å². The quantitative estimate of drug-likeness (QED) is 0.753. The Morgan fingerprint density at radius 1 is 1.62 bits per heavy atom. The number of nitrogens with zero attached hydrogens (tertiary/aromatic N) is 2. The molecule has 0 bridgehead atoms. The summed E-state index contributed by atoms with van der Waals surface area (Å²) in [6, 6.07) is 0. The smallest absolute Gasteiger partial charge is 0.202 e. The highest BCUT2D eigenvalue weighted by Gasteiger charge is 2.01. The fraction of sp³-hybridized carbons (Fsp3) is 0.750. The summed E-state index contributed by atoms with van der Waals surface area (Å²) in [6.45, 7) is 4.55. The molecule has 74 valence electrons. The number of nitrogens with one attached hydrogen (secondary N) is 1. The van der Waals surface area contributed by atoms with Crippen molar-refractivity contribution in [1.82, 2.24) is 9.36 Å². The van der Waals surface area contributed by atoms with Crippen molar-refractivity contribution in [2.45, 2.75) is 32.8 Å². The molecular formula is C8H15N3OS. The SMILES string of the molecule is CCc1nsc(NCCC(C)O)n1. The fourth-order valence-corrected chi connectivity index (χ4v) is 1.53. The zero-order chi connectivity index (χ0) is 9.68. The second-order valence-electron chi connectivity index (χ2n) is 2.93. The molecule has 1 rings (SSSR count). The molecule has 4 nitrogen and oxygen atoms in total. The average molecular weight is 201 g/mol. The lowest BCUT2D eigenvalue weighted by molar-refractivity contribution is 0.189. The van der Waals surface area contributed by atoms with Gasteiger partial charge < -0.3 is 10.4 Å². The van der Waals surface area contributed by atoms with Crippen molar-refractivity contribution in [2.24, 2.45) is 0 Å². The van der Waals surface area contributed by atoms with Crippen molar-refractivity contribution in [3.05, 3.63) is 5.82 Å². The average Bonchev–Trinajstić information content (AvgIpc) is 2.52. The maximum absolute atomic E-state index is 9.01. The summed E-state index contributed by atoms with van der Waals surface area (Å²) in [5.41, 5.74) is 0. The van der Waals surface area contributed by atoms with Crippen LogP contribution in [0.2, 0.25) is 0 Å². The maximum Gasteiger partial charge on any atom is 0.202 e. The Morgan fingerprint density at radius 2 is 2.38 bits per heavy atom. The van der Waals surface area contributed by atoms with Crippen LogP contribution in [0.25, 0.3) is 0 Å². The summed E-state index contributed by atoms with van der Waals surface area (Å²) in [7, 11) is 0. The van der Waals surface area contributed by atoms with E-state index in [1.54, 1.807) is 6.92 Å². The van der Waals surface area contributed by atoms with Gasteiger partial charge in [-0.25, -0.2) is 4.98 Å². The van der Waals surface area contributed by atoms with Gasteiger partial charge in [-0.15, -0.1) is 0 Å². The largest absolute Gasteiger partial charge is 0.393 e. The molecule has 0 fully saturated rings. The third-order valence-corrected chi connectivity index (χ3v) is 2.33. The highest BCUT2D eigenvalue weighted by molar-refractivity contribution is 7.09. The van der Waals surface area contributed by atoms with E-state index < -0.39 is 0 Å². The van der Waals surface area contributed by atoms with Crippen LogP contribution in [0.5, 0.6) is 0 Å². The molecule has 1 heterocycles. The molecule has 0 saturated carbocycles. The number of aliphatic hydroxyl groups excluding tert-OH is 1. The first kappa shape index (κ1) is 10.4. The summed E-state index contributed by atoms with van der Waals surface area (Å²) in [4.78, 5) is 4.24. The topological polar surface area (TPSA) is 58.0 Å². The van der Waals surface area contributed by atoms with Gasteiger partial charge in [-0.1, -0.05) is 6.92 Å². The number of rotatable bonds is 5. The van der Waals surface area contributed by atoms with E-state index in [1.807, 2.05) is 6.92 Å². The molecule has 0 amide bonds. The summed E-state index contributed by atoms with van der Waals surface area (Å²) in [5.74, 6) is 0.879. The Kier molecular flexibility index (Phi) is 4.11. The minimum atomic E-state index is -0.258. The fourth-order valence-electron chi connectivity index (χ4n) is 0.857. The first-order valence-electron chi connectivity index (χ1n) is 4.47. The molecule has 1 atom stereocenters. The van der Waals surface area contributed by atoms with Gasteiger partial charge in [-0.3, -0.25) is 0 Å². The monoisotopic (exact) mass is 201 g/mol. The van der Waals surface area contributed by atoms with Gasteiger partial charge in [0.2, 0.25) is 5.13 Å². The van der Waals surface area contributed by atoms with E-state index in [9.17, 15) is 0 Å². The molecule has 13 heavy (non-hydrogen) atoms. The molecule has 1 aromatic heterocycles. The van der Waals surface area contributed by atoms with E-state index in [-0.39, 0.29) is 6.10 Å². The van der Waals surface area contributed by atoms with E-state index in [1.165, 1.54) is 11.5 Å². The first-order chi connectivity index (χ1) is 6.22. The third-order valence-electron chi connectivity index (χ3n) is 1.62. The van der Waals surface area contributed by atoms with Crippen molar-refractivity contribution >= 4 is 16.7 Å². The minimum Gasteiger partial charge on any atom is -0.393 e. The molecule has 0 spiro atoms. The van der Waals surface area contributed by atoms with Gasteiger partial charge >= 0.3 is 0 Å². The van der Waals surface area contributed by atoms with Crippen LogP contribution < -0.4 is 5.32 Å². The second kappa shape index (κ2) is 5.14. The minimum absolute atomic E-state index is 0.258. The molecule has 0 aromatic carbocycles. The summed E-state index contributed by atoms with van der Waals surface area (Å²) in [6.07, 6.45) is 1.35. The van der Waals surface area contributed by atoms with E-state index in [4.69, 9.17) is 5.11 Å². The number of aliphatic hydroxyl groups is 1. The summed E-state index contributed by atoms with van der Waals surface area (Å²) in [5, 5.41) is 13.0.